The molecular weight excluding hydrogens is 196 g/mol. The fraction of sp³-hybridized carbons (Fsp3) is 0.667. The van der Waals surface area contributed by atoms with Gasteiger partial charge in [0.25, 0.3) is 0 Å². The lowest BCUT2D eigenvalue weighted by Crippen LogP contribution is -2.05. The van der Waals surface area contributed by atoms with Gasteiger partial charge in [-0.1, -0.05) is 18.9 Å². The van der Waals surface area contributed by atoms with Crippen LogP contribution in [0.15, 0.2) is 6.20 Å². The first-order valence-corrected chi connectivity index (χ1v) is 4.88. The molecular formula is C9H14N4O2. The molecule has 2 rings (SSSR count). The Balaban J connectivity index is 2.33. The molecule has 82 valence electrons. The molecule has 3 N–H and O–H groups in total. The van der Waals surface area contributed by atoms with Crippen molar-refractivity contribution in [1.29, 1.82) is 0 Å². The van der Waals surface area contributed by atoms with Crippen molar-refractivity contribution in [2.75, 3.05) is 6.54 Å². The van der Waals surface area contributed by atoms with Crippen LogP contribution in [0.3, 0.4) is 0 Å². The summed E-state index contributed by atoms with van der Waals surface area (Å²) >= 11 is 0. The first kappa shape index (κ1) is 10.1. The Morgan fingerprint density at radius 1 is 1.73 bits per heavy atom. The summed E-state index contributed by atoms with van der Waals surface area (Å²) in [5.74, 6) is 0.472. The molecule has 2 atom stereocenters. The molecule has 0 aromatic carbocycles. The van der Waals surface area contributed by atoms with Crippen LogP contribution in [0.25, 0.3) is 0 Å². The van der Waals surface area contributed by atoms with Gasteiger partial charge < -0.3 is 15.8 Å². The van der Waals surface area contributed by atoms with Crippen molar-refractivity contribution >= 4 is 5.82 Å². The Morgan fingerprint density at radius 2 is 2.40 bits per heavy atom. The molecule has 15 heavy (non-hydrogen) atoms. The number of nitrogens with two attached hydrogens (primary N) is 1. The van der Waals surface area contributed by atoms with Gasteiger partial charge in [0, 0.05) is 5.92 Å². The lowest BCUT2D eigenvalue weighted by Gasteiger charge is -1.99. The quantitative estimate of drug-likeness (QED) is 0.574. The van der Waals surface area contributed by atoms with Gasteiger partial charge in [-0.15, -0.1) is 5.10 Å². The second-order valence-corrected chi connectivity index (χ2v) is 4.57. The SMILES string of the molecule is CC1(C)[C@@H](CN)[C@@H]1c1cn[nH]c1[N+](=O)[O-]. The van der Waals surface area contributed by atoms with Crippen molar-refractivity contribution in [3.8, 4) is 0 Å². The Bertz CT molecular complexity index is 399. The lowest BCUT2D eigenvalue weighted by molar-refractivity contribution is -0.390. The van der Waals surface area contributed by atoms with Gasteiger partial charge in [-0.05, 0) is 22.8 Å². The molecule has 0 spiro atoms. The van der Waals surface area contributed by atoms with Gasteiger partial charge in [-0.25, -0.2) is 0 Å². The largest absolute Gasteiger partial charge is 0.358 e. The predicted molar refractivity (Wildman–Crippen MR) is 54.3 cm³/mol. The molecule has 1 fully saturated rings. The number of aromatic nitrogens is 2. The van der Waals surface area contributed by atoms with E-state index < -0.39 is 4.92 Å². The molecule has 0 amide bonds. The Labute approximate surface area is 87.0 Å². The summed E-state index contributed by atoms with van der Waals surface area (Å²) in [6.07, 6.45) is 1.54. The van der Waals surface area contributed by atoms with Crippen molar-refractivity contribution in [2.24, 2.45) is 17.1 Å². The molecule has 1 aromatic rings. The van der Waals surface area contributed by atoms with E-state index in [1.54, 1.807) is 6.20 Å². The van der Waals surface area contributed by atoms with Gasteiger partial charge in [0.15, 0.2) is 0 Å². The van der Waals surface area contributed by atoms with Crippen LogP contribution in [-0.2, 0) is 0 Å². The number of nitro groups is 1. The molecule has 1 saturated carbocycles. The smallest absolute Gasteiger partial charge is 0.346 e. The molecule has 0 saturated heterocycles. The van der Waals surface area contributed by atoms with Gasteiger partial charge in [0.05, 0.1) is 11.8 Å². The molecule has 0 bridgehead atoms. The van der Waals surface area contributed by atoms with Gasteiger partial charge in [0.2, 0.25) is 0 Å². The van der Waals surface area contributed by atoms with Gasteiger partial charge >= 0.3 is 5.82 Å². The van der Waals surface area contributed by atoms with E-state index in [4.69, 9.17) is 5.73 Å². The maximum Gasteiger partial charge on any atom is 0.346 e. The topological polar surface area (TPSA) is 97.8 Å². The van der Waals surface area contributed by atoms with Gasteiger partial charge in [0.1, 0.15) is 0 Å². The molecule has 1 aliphatic rings. The van der Waals surface area contributed by atoms with Crippen molar-refractivity contribution in [2.45, 2.75) is 19.8 Å². The molecule has 6 nitrogen and oxygen atoms in total. The van der Waals surface area contributed by atoms with E-state index in [1.165, 1.54) is 0 Å². The van der Waals surface area contributed by atoms with E-state index in [0.29, 0.717) is 18.0 Å². The highest BCUT2D eigenvalue weighted by atomic mass is 16.6. The number of aromatic amines is 1. The molecule has 1 aliphatic carbocycles. The van der Waals surface area contributed by atoms with Gasteiger partial charge in [-0.2, -0.15) is 0 Å². The van der Waals surface area contributed by atoms with E-state index in [1.807, 2.05) is 0 Å². The number of hydrogen-bond donors (Lipinski definition) is 2. The molecule has 1 heterocycles. The lowest BCUT2D eigenvalue weighted by atomic mass is 10.1. The van der Waals surface area contributed by atoms with E-state index >= 15 is 0 Å². The number of nitrogens with zero attached hydrogens (tertiary/aromatic N) is 2. The zero-order valence-electron chi connectivity index (χ0n) is 8.73. The number of rotatable bonds is 3. The minimum atomic E-state index is -0.426. The van der Waals surface area contributed by atoms with Crippen LogP contribution in [-0.4, -0.2) is 21.7 Å². The van der Waals surface area contributed by atoms with E-state index in [0.717, 1.165) is 0 Å². The number of nitrogens with one attached hydrogen (secondary N) is 1. The summed E-state index contributed by atoms with van der Waals surface area (Å²) in [6, 6.07) is 0. The predicted octanol–water partition coefficient (Wildman–Crippen LogP) is 1.02. The third-order valence-corrected chi connectivity index (χ3v) is 3.47. The van der Waals surface area contributed by atoms with Crippen LogP contribution in [0, 0.1) is 21.4 Å². The fourth-order valence-electron chi connectivity index (χ4n) is 2.46. The van der Waals surface area contributed by atoms with E-state index in [2.05, 4.69) is 24.0 Å². The molecule has 0 aliphatic heterocycles. The third kappa shape index (κ3) is 1.32. The van der Waals surface area contributed by atoms with Crippen LogP contribution in [0.5, 0.6) is 0 Å². The standard InChI is InChI=1S/C9H14N4O2/c1-9(2)6(3-10)7(9)5-4-11-12-8(5)13(14)15/h4,6-7H,3,10H2,1-2H3,(H,11,12)/t6-,7-/m0/s1. The highest BCUT2D eigenvalue weighted by Crippen LogP contribution is 2.64. The van der Waals surface area contributed by atoms with Crippen molar-refractivity contribution in [3.05, 3.63) is 21.9 Å². The number of H-pyrrole nitrogens is 1. The maximum absolute atomic E-state index is 10.7. The second kappa shape index (κ2) is 3.03. The first-order chi connectivity index (χ1) is 7.00. The minimum Gasteiger partial charge on any atom is -0.358 e. The van der Waals surface area contributed by atoms with Crippen molar-refractivity contribution in [1.82, 2.24) is 10.2 Å². The van der Waals surface area contributed by atoms with Crippen molar-refractivity contribution in [3.63, 3.8) is 0 Å². The highest BCUT2D eigenvalue weighted by molar-refractivity contribution is 5.41. The minimum absolute atomic E-state index is 0.00373. The molecule has 0 unspecified atom stereocenters. The van der Waals surface area contributed by atoms with Crippen LogP contribution in [0.4, 0.5) is 5.82 Å². The fourth-order valence-corrected chi connectivity index (χ4v) is 2.46. The van der Waals surface area contributed by atoms with Crippen LogP contribution >= 0.6 is 0 Å². The Morgan fingerprint density at radius 3 is 2.87 bits per heavy atom. The van der Waals surface area contributed by atoms with Gasteiger partial charge in [-0.3, -0.25) is 0 Å². The summed E-state index contributed by atoms with van der Waals surface area (Å²) in [7, 11) is 0. The Hall–Kier alpha value is -1.43. The van der Waals surface area contributed by atoms with Crippen LogP contribution in [0.2, 0.25) is 0 Å². The number of hydrogen-bond acceptors (Lipinski definition) is 4. The Kier molecular flexibility index (Phi) is 2.04. The zero-order valence-corrected chi connectivity index (χ0v) is 8.73. The van der Waals surface area contributed by atoms with E-state index in [9.17, 15) is 10.1 Å². The van der Waals surface area contributed by atoms with Crippen molar-refractivity contribution < 1.29 is 4.92 Å². The summed E-state index contributed by atoms with van der Waals surface area (Å²) in [5.41, 5.74) is 6.36. The highest BCUT2D eigenvalue weighted by Gasteiger charge is 2.59. The van der Waals surface area contributed by atoms with E-state index in [-0.39, 0.29) is 17.2 Å². The average molecular weight is 210 g/mol. The first-order valence-electron chi connectivity index (χ1n) is 4.88. The summed E-state index contributed by atoms with van der Waals surface area (Å²) in [6.45, 7) is 4.71. The summed E-state index contributed by atoms with van der Waals surface area (Å²) < 4.78 is 0. The normalized spacial score (nSPS) is 27.7. The molecule has 1 aromatic heterocycles. The summed E-state index contributed by atoms with van der Waals surface area (Å²) in [5, 5.41) is 16.9. The third-order valence-electron chi connectivity index (χ3n) is 3.47. The maximum atomic E-state index is 10.7. The monoisotopic (exact) mass is 210 g/mol. The summed E-state index contributed by atoms with van der Waals surface area (Å²) in [4.78, 5) is 10.3. The molecule has 0 radical (unpaired) electrons. The zero-order chi connectivity index (χ0) is 11.2. The van der Waals surface area contributed by atoms with Crippen LogP contribution < -0.4 is 5.73 Å². The second-order valence-electron chi connectivity index (χ2n) is 4.57. The van der Waals surface area contributed by atoms with Crippen LogP contribution in [0.1, 0.15) is 25.3 Å². The molecule has 6 heteroatoms. The average Bonchev–Trinajstić information content (AvgIpc) is 2.57.